The van der Waals surface area contributed by atoms with Gasteiger partial charge in [-0.25, -0.2) is 0 Å². The molecule has 0 aromatic heterocycles. The Morgan fingerprint density at radius 3 is 2.88 bits per heavy atom. The van der Waals surface area contributed by atoms with E-state index >= 15 is 0 Å². The summed E-state index contributed by atoms with van der Waals surface area (Å²) in [7, 11) is 0. The summed E-state index contributed by atoms with van der Waals surface area (Å²) >= 11 is 4.22. The van der Waals surface area contributed by atoms with E-state index in [9.17, 15) is 9.90 Å². The minimum atomic E-state index is 0.0728. The van der Waals surface area contributed by atoms with Crippen LogP contribution < -0.4 is 4.90 Å². The third kappa shape index (κ3) is 1.89. The number of amides is 1. The number of carbonyl (C=O) groups is 1. The van der Waals surface area contributed by atoms with Gasteiger partial charge in [0.2, 0.25) is 5.91 Å². The standard InChI is InChI=1S/C12H15NO2S/c1-8-3-2-4-10(14)12(8)13-6-9(7-16)5-11(13)15/h2-4,9,14,16H,5-7H2,1H3. The number of hydrogen-bond donors (Lipinski definition) is 2. The Morgan fingerprint density at radius 2 is 2.31 bits per heavy atom. The van der Waals surface area contributed by atoms with E-state index < -0.39 is 0 Å². The van der Waals surface area contributed by atoms with Gasteiger partial charge in [-0.1, -0.05) is 12.1 Å². The Hall–Kier alpha value is -1.16. The molecule has 2 rings (SSSR count). The summed E-state index contributed by atoms with van der Waals surface area (Å²) in [6.45, 7) is 2.55. The summed E-state index contributed by atoms with van der Waals surface area (Å²) in [5, 5.41) is 9.82. The topological polar surface area (TPSA) is 40.5 Å². The van der Waals surface area contributed by atoms with Gasteiger partial charge in [0.05, 0.1) is 5.69 Å². The number of anilines is 1. The zero-order chi connectivity index (χ0) is 11.7. The molecular formula is C12H15NO2S. The Morgan fingerprint density at radius 1 is 1.56 bits per heavy atom. The van der Waals surface area contributed by atoms with Crippen molar-refractivity contribution in [3.8, 4) is 5.75 Å². The van der Waals surface area contributed by atoms with Crippen LogP contribution in [0.25, 0.3) is 0 Å². The van der Waals surface area contributed by atoms with Crippen LogP contribution in [0.1, 0.15) is 12.0 Å². The molecule has 1 aromatic rings. The number of phenols is 1. The maximum Gasteiger partial charge on any atom is 0.227 e. The quantitative estimate of drug-likeness (QED) is 0.772. The number of phenolic OH excluding ortho intramolecular Hbond substituents is 1. The second-order valence-corrected chi connectivity index (χ2v) is 4.56. The van der Waals surface area contributed by atoms with Gasteiger partial charge < -0.3 is 10.0 Å². The highest BCUT2D eigenvalue weighted by Crippen LogP contribution is 2.35. The van der Waals surface area contributed by atoms with Gasteiger partial charge in [-0.15, -0.1) is 0 Å². The Labute approximate surface area is 100 Å². The smallest absolute Gasteiger partial charge is 0.227 e. The number of aryl methyl sites for hydroxylation is 1. The average Bonchev–Trinajstić information content (AvgIpc) is 2.60. The van der Waals surface area contributed by atoms with Crippen molar-refractivity contribution in [2.24, 2.45) is 5.92 Å². The SMILES string of the molecule is Cc1cccc(O)c1N1CC(CS)CC1=O. The fraction of sp³-hybridized carbons (Fsp3) is 0.417. The predicted molar refractivity (Wildman–Crippen MR) is 67.2 cm³/mol. The van der Waals surface area contributed by atoms with E-state index in [-0.39, 0.29) is 17.6 Å². The van der Waals surface area contributed by atoms with Crippen LogP contribution in [0.5, 0.6) is 5.75 Å². The van der Waals surface area contributed by atoms with Crippen LogP contribution in [0.2, 0.25) is 0 Å². The molecule has 0 bridgehead atoms. The lowest BCUT2D eigenvalue weighted by Gasteiger charge is -2.20. The third-order valence-corrected chi connectivity index (χ3v) is 3.47. The molecule has 1 aliphatic rings. The van der Waals surface area contributed by atoms with E-state index in [2.05, 4.69) is 12.6 Å². The molecule has 1 heterocycles. The van der Waals surface area contributed by atoms with Gasteiger partial charge in [0, 0.05) is 13.0 Å². The van der Waals surface area contributed by atoms with Crippen molar-refractivity contribution in [2.75, 3.05) is 17.2 Å². The van der Waals surface area contributed by atoms with Crippen molar-refractivity contribution in [3.63, 3.8) is 0 Å². The summed E-state index contributed by atoms with van der Waals surface area (Å²) in [6.07, 6.45) is 0.525. The van der Waals surface area contributed by atoms with Crippen molar-refractivity contribution in [1.82, 2.24) is 0 Å². The van der Waals surface area contributed by atoms with E-state index in [1.165, 1.54) is 0 Å². The normalized spacial score (nSPS) is 20.5. The highest BCUT2D eigenvalue weighted by atomic mass is 32.1. The fourth-order valence-electron chi connectivity index (χ4n) is 2.11. The molecule has 1 aromatic carbocycles. The van der Waals surface area contributed by atoms with Crippen LogP contribution >= 0.6 is 12.6 Å². The number of benzene rings is 1. The molecular weight excluding hydrogens is 222 g/mol. The van der Waals surface area contributed by atoms with Crippen LogP contribution in [0.3, 0.4) is 0 Å². The zero-order valence-electron chi connectivity index (χ0n) is 9.18. The maximum absolute atomic E-state index is 11.8. The van der Waals surface area contributed by atoms with Crippen molar-refractivity contribution >= 4 is 24.2 Å². The first-order chi connectivity index (χ1) is 7.63. The largest absolute Gasteiger partial charge is 0.506 e. The van der Waals surface area contributed by atoms with Gasteiger partial charge >= 0.3 is 0 Å². The molecule has 4 heteroatoms. The second kappa shape index (κ2) is 4.37. The summed E-state index contributed by atoms with van der Waals surface area (Å²) in [5.74, 6) is 1.24. The summed E-state index contributed by atoms with van der Waals surface area (Å²) in [4.78, 5) is 13.5. The molecule has 0 radical (unpaired) electrons. The average molecular weight is 237 g/mol. The summed E-state index contributed by atoms with van der Waals surface area (Å²) in [5.41, 5.74) is 1.57. The minimum Gasteiger partial charge on any atom is -0.506 e. The van der Waals surface area contributed by atoms with Crippen molar-refractivity contribution < 1.29 is 9.90 Å². The van der Waals surface area contributed by atoms with Crippen molar-refractivity contribution in [3.05, 3.63) is 23.8 Å². The first-order valence-electron chi connectivity index (χ1n) is 5.33. The van der Waals surface area contributed by atoms with E-state index in [1.54, 1.807) is 17.0 Å². The van der Waals surface area contributed by atoms with Crippen LogP contribution in [0.15, 0.2) is 18.2 Å². The van der Waals surface area contributed by atoms with Gasteiger partial charge in [0.25, 0.3) is 0 Å². The number of rotatable bonds is 2. The first kappa shape index (κ1) is 11.3. The number of nitrogens with zero attached hydrogens (tertiary/aromatic N) is 1. The molecule has 3 nitrogen and oxygen atoms in total. The van der Waals surface area contributed by atoms with Crippen LogP contribution in [-0.2, 0) is 4.79 Å². The molecule has 86 valence electrons. The van der Waals surface area contributed by atoms with Crippen LogP contribution in [0, 0.1) is 12.8 Å². The Kier molecular flexibility index (Phi) is 3.10. The van der Waals surface area contributed by atoms with Crippen molar-refractivity contribution in [2.45, 2.75) is 13.3 Å². The Balaban J connectivity index is 2.35. The lowest BCUT2D eigenvalue weighted by molar-refractivity contribution is -0.117. The van der Waals surface area contributed by atoms with Crippen molar-refractivity contribution in [1.29, 1.82) is 0 Å². The number of hydrogen-bond acceptors (Lipinski definition) is 3. The molecule has 1 fully saturated rings. The molecule has 1 amide bonds. The molecule has 1 atom stereocenters. The number of aromatic hydroxyl groups is 1. The lowest BCUT2D eigenvalue weighted by atomic mass is 10.1. The maximum atomic E-state index is 11.8. The van der Waals surface area contributed by atoms with Gasteiger partial charge in [-0.05, 0) is 30.2 Å². The van der Waals surface area contributed by atoms with Gasteiger partial charge in [-0.3, -0.25) is 4.79 Å². The van der Waals surface area contributed by atoms with E-state index in [4.69, 9.17) is 0 Å². The first-order valence-corrected chi connectivity index (χ1v) is 5.96. The monoisotopic (exact) mass is 237 g/mol. The van der Waals surface area contributed by atoms with Crippen LogP contribution in [-0.4, -0.2) is 23.3 Å². The van der Waals surface area contributed by atoms with Gasteiger partial charge in [0.1, 0.15) is 5.75 Å². The molecule has 1 unspecified atom stereocenters. The summed E-state index contributed by atoms with van der Waals surface area (Å²) < 4.78 is 0. The molecule has 1 saturated heterocycles. The van der Waals surface area contributed by atoms with E-state index in [0.717, 1.165) is 5.56 Å². The van der Waals surface area contributed by atoms with Gasteiger partial charge in [0.15, 0.2) is 0 Å². The van der Waals surface area contributed by atoms with E-state index in [1.807, 2.05) is 13.0 Å². The number of thiol groups is 1. The molecule has 16 heavy (non-hydrogen) atoms. The number of para-hydroxylation sites is 1. The Bertz CT molecular complexity index is 399. The summed E-state index contributed by atoms with van der Waals surface area (Å²) in [6, 6.07) is 5.30. The minimum absolute atomic E-state index is 0.0728. The molecule has 0 saturated carbocycles. The van der Waals surface area contributed by atoms with Gasteiger partial charge in [-0.2, -0.15) is 12.6 Å². The predicted octanol–water partition coefficient (Wildman–Crippen LogP) is 1.98. The number of carbonyl (C=O) groups excluding carboxylic acids is 1. The molecule has 0 aliphatic carbocycles. The second-order valence-electron chi connectivity index (χ2n) is 4.20. The highest BCUT2D eigenvalue weighted by Gasteiger charge is 2.31. The lowest BCUT2D eigenvalue weighted by Crippen LogP contribution is -2.25. The molecule has 0 spiro atoms. The zero-order valence-corrected chi connectivity index (χ0v) is 10.1. The highest BCUT2D eigenvalue weighted by molar-refractivity contribution is 7.80. The van der Waals surface area contributed by atoms with E-state index in [0.29, 0.717) is 24.4 Å². The third-order valence-electron chi connectivity index (χ3n) is 2.95. The fourth-order valence-corrected chi connectivity index (χ4v) is 2.36. The molecule has 1 aliphatic heterocycles. The van der Waals surface area contributed by atoms with Crippen LogP contribution in [0.4, 0.5) is 5.69 Å². The molecule has 1 N–H and O–H groups in total.